The number of carbonyl (C=O) groups excluding carboxylic acids is 3. The van der Waals surface area contributed by atoms with Crippen molar-refractivity contribution in [3.05, 3.63) is 41.5 Å². The molecule has 1 saturated heterocycles. The monoisotopic (exact) mass is 332 g/mol. The molecule has 1 heterocycles. The summed E-state index contributed by atoms with van der Waals surface area (Å²) < 4.78 is 0. The molecule has 1 aliphatic rings. The highest BCUT2D eigenvalue weighted by Crippen LogP contribution is 2.20. The molecule has 0 atom stereocenters. The first-order valence-electron chi connectivity index (χ1n) is 6.69. The third-order valence-corrected chi connectivity index (χ3v) is 3.11. The lowest BCUT2D eigenvalue weighted by molar-refractivity contribution is -0.147. The number of hydrogen-bond acceptors (Lipinski definition) is 5. The van der Waals surface area contributed by atoms with Gasteiger partial charge < -0.3 is 10.2 Å². The molecule has 124 valence electrons. The van der Waals surface area contributed by atoms with E-state index in [-0.39, 0.29) is 0 Å². The molecule has 2 rings (SSSR count). The second kappa shape index (κ2) is 6.73. The predicted molar refractivity (Wildman–Crippen MR) is 78.5 cm³/mol. The molecule has 1 aliphatic heterocycles. The highest BCUT2D eigenvalue weighted by atomic mass is 16.4. The molecule has 0 bridgehead atoms. The number of nitrogens with zero attached hydrogens (tertiary/aromatic N) is 2. The van der Waals surface area contributed by atoms with Gasteiger partial charge in [0.25, 0.3) is 11.8 Å². The van der Waals surface area contributed by atoms with Crippen LogP contribution >= 0.6 is 0 Å². The molecule has 24 heavy (non-hydrogen) atoms. The van der Waals surface area contributed by atoms with Crippen LogP contribution in [-0.4, -0.2) is 62.9 Å². The van der Waals surface area contributed by atoms with Gasteiger partial charge in [0.15, 0.2) is 0 Å². The van der Waals surface area contributed by atoms with Crippen molar-refractivity contribution in [1.82, 2.24) is 9.80 Å². The molecular formula is C15H12N2O7. The normalized spacial score (nSPS) is 14.8. The minimum atomic E-state index is -1.47. The first-order valence-corrected chi connectivity index (χ1v) is 6.69. The van der Waals surface area contributed by atoms with E-state index < -0.39 is 48.4 Å². The fraction of sp³-hybridized carbons (Fsp3) is 0.133. The summed E-state index contributed by atoms with van der Waals surface area (Å²) in [7, 11) is 0. The van der Waals surface area contributed by atoms with Gasteiger partial charge in [0, 0.05) is 0 Å². The number of amides is 4. The van der Waals surface area contributed by atoms with Gasteiger partial charge in [0.1, 0.15) is 18.7 Å². The standard InChI is InChI=1S/C15H12N2O7/c18-11(19)7-16-13(22)10(6-9-4-2-1-3-5-9)14(23)17(15(16)24)8-12(20)21/h1-6H,7-8H2,(H,18,19)(H,20,21). The van der Waals surface area contributed by atoms with Crippen LogP contribution in [0.2, 0.25) is 0 Å². The van der Waals surface area contributed by atoms with Crippen molar-refractivity contribution in [3.63, 3.8) is 0 Å². The minimum Gasteiger partial charge on any atom is -0.480 e. The molecule has 0 spiro atoms. The van der Waals surface area contributed by atoms with Crippen LogP contribution in [0.3, 0.4) is 0 Å². The molecular weight excluding hydrogens is 320 g/mol. The quantitative estimate of drug-likeness (QED) is 0.574. The molecule has 9 heteroatoms. The van der Waals surface area contributed by atoms with Gasteiger partial charge in [0.2, 0.25) is 0 Å². The number of carboxylic acids is 2. The van der Waals surface area contributed by atoms with Crippen LogP contribution in [0.1, 0.15) is 5.56 Å². The molecule has 2 N–H and O–H groups in total. The molecule has 4 amide bonds. The van der Waals surface area contributed by atoms with Crippen molar-refractivity contribution in [2.24, 2.45) is 0 Å². The number of rotatable bonds is 5. The SMILES string of the molecule is O=C(O)CN1C(=O)C(=Cc2ccccc2)C(=O)N(CC(=O)O)C1=O. The number of urea groups is 1. The largest absolute Gasteiger partial charge is 0.480 e. The summed E-state index contributed by atoms with van der Waals surface area (Å²) >= 11 is 0. The van der Waals surface area contributed by atoms with Gasteiger partial charge in [-0.3, -0.25) is 19.2 Å². The zero-order valence-electron chi connectivity index (χ0n) is 12.2. The fourth-order valence-electron chi connectivity index (χ4n) is 2.09. The second-order valence-electron chi connectivity index (χ2n) is 4.82. The van der Waals surface area contributed by atoms with E-state index in [0.717, 1.165) is 0 Å². The van der Waals surface area contributed by atoms with E-state index in [2.05, 4.69) is 0 Å². The van der Waals surface area contributed by atoms with Gasteiger partial charge in [-0.2, -0.15) is 0 Å². The van der Waals surface area contributed by atoms with Crippen LogP contribution in [0, 0.1) is 0 Å². The summed E-state index contributed by atoms with van der Waals surface area (Å²) in [4.78, 5) is 59.0. The smallest absolute Gasteiger partial charge is 0.335 e. The molecule has 0 saturated carbocycles. The van der Waals surface area contributed by atoms with Crippen LogP contribution in [0.25, 0.3) is 6.08 Å². The lowest BCUT2D eigenvalue weighted by atomic mass is 10.1. The summed E-state index contributed by atoms with van der Waals surface area (Å²) in [5.74, 6) is -5.11. The van der Waals surface area contributed by atoms with Crippen LogP contribution in [0.4, 0.5) is 4.79 Å². The van der Waals surface area contributed by atoms with E-state index >= 15 is 0 Å². The number of carbonyl (C=O) groups is 5. The average molecular weight is 332 g/mol. The van der Waals surface area contributed by atoms with Crippen molar-refractivity contribution in [2.45, 2.75) is 0 Å². The fourth-order valence-corrected chi connectivity index (χ4v) is 2.09. The van der Waals surface area contributed by atoms with Crippen molar-refractivity contribution >= 4 is 35.9 Å². The Bertz CT molecular complexity index is 714. The third kappa shape index (κ3) is 3.46. The summed E-state index contributed by atoms with van der Waals surface area (Å²) in [5, 5.41) is 17.7. The van der Waals surface area contributed by atoms with E-state index in [1.54, 1.807) is 30.3 Å². The molecule has 9 nitrogen and oxygen atoms in total. The summed E-state index contributed by atoms with van der Waals surface area (Å²) in [6.07, 6.45) is 1.18. The topological polar surface area (TPSA) is 132 Å². The van der Waals surface area contributed by atoms with E-state index in [1.807, 2.05) is 0 Å². The Kier molecular flexibility index (Phi) is 4.73. The molecule has 0 unspecified atom stereocenters. The lowest BCUT2D eigenvalue weighted by Gasteiger charge is -2.32. The molecule has 0 aliphatic carbocycles. The van der Waals surface area contributed by atoms with Gasteiger partial charge in [0.05, 0.1) is 0 Å². The Balaban J connectivity index is 2.48. The van der Waals surface area contributed by atoms with Crippen LogP contribution in [-0.2, 0) is 19.2 Å². The first kappa shape index (κ1) is 16.9. The Morgan fingerprint density at radius 2 is 1.33 bits per heavy atom. The zero-order valence-corrected chi connectivity index (χ0v) is 12.2. The minimum absolute atomic E-state index is 0.321. The maximum Gasteiger partial charge on any atom is 0.335 e. The Morgan fingerprint density at radius 1 is 0.875 bits per heavy atom. The number of hydrogen-bond donors (Lipinski definition) is 2. The molecule has 1 aromatic rings. The average Bonchev–Trinajstić information content (AvgIpc) is 2.53. The Labute approximate surface area is 135 Å². The maximum absolute atomic E-state index is 12.3. The number of aliphatic carboxylic acids is 2. The van der Waals surface area contributed by atoms with Gasteiger partial charge in [-0.25, -0.2) is 14.6 Å². The number of barbiturate groups is 1. The van der Waals surface area contributed by atoms with Crippen LogP contribution in [0.5, 0.6) is 0 Å². The van der Waals surface area contributed by atoms with E-state index in [1.165, 1.54) is 6.08 Å². The highest BCUT2D eigenvalue weighted by Gasteiger charge is 2.43. The van der Waals surface area contributed by atoms with Gasteiger partial charge >= 0.3 is 18.0 Å². The molecule has 0 radical (unpaired) electrons. The number of imide groups is 2. The molecule has 1 fully saturated rings. The van der Waals surface area contributed by atoms with Gasteiger partial charge in [-0.15, -0.1) is 0 Å². The lowest BCUT2D eigenvalue weighted by Crippen LogP contribution is -2.58. The molecule has 1 aromatic carbocycles. The van der Waals surface area contributed by atoms with Crippen LogP contribution < -0.4 is 0 Å². The Hall–Kier alpha value is -3.49. The van der Waals surface area contributed by atoms with Crippen molar-refractivity contribution in [1.29, 1.82) is 0 Å². The van der Waals surface area contributed by atoms with Crippen molar-refractivity contribution in [3.8, 4) is 0 Å². The van der Waals surface area contributed by atoms with E-state index in [4.69, 9.17) is 10.2 Å². The van der Waals surface area contributed by atoms with Gasteiger partial charge in [-0.05, 0) is 11.6 Å². The van der Waals surface area contributed by atoms with E-state index in [9.17, 15) is 24.0 Å². The van der Waals surface area contributed by atoms with E-state index in [0.29, 0.717) is 15.4 Å². The summed E-state index contributed by atoms with van der Waals surface area (Å²) in [6, 6.07) is 6.92. The zero-order chi connectivity index (χ0) is 17.9. The van der Waals surface area contributed by atoms with Gasteiger partial charge in [-0.1, -0.05) is 30.3 Å². The second-order valence-corrected chi connectivity index (χ2v) is 4.82. The Morgan fingerprint density at radius 3 is 1.75 bits per heavy atom. The van der Waals surface area contributed by atoms with Crippen molar-refractivity contribution in [2.75, 3.05) is 13.1 Å². The number of benzene rings is 1. The highest BCUT2D eigenvalue weighted by molar-refractivity contribution is 6.31. The van der Waals surface area contributed by atoms with Crippen LogP contribution in [0.15, 0.2) is 35.9 Å². The summed E-state index contributed by atoms with van der Waals surface area (Å²) in [6.45, 7) is -1.96. The maximum atomic E-state index is 12.3. The number of carboxylic acid groups (broad SMARTS) is 2. The van der Waals surface area contributed by atoms with Crippen molar-refractivity contribution < 1.29 is 34.2 Å². The predicted octanol–water partition coefficient (Wildman–Crippen LogP) is 0.0300. The molecule has 0 aromatic heterocycles. The summed E-state index contributed by atoms with van der Waals surface area (Å²) in [5.41, 5.74) is -0.0163. The third-order valence-electron chi connectivity index (χ3n) is 3.11. The first-order chi connectivity index (χ1) is 11.3.